The van der Waals surface area contributed by atoms with Gasteiger partial charge < -0.3 is 15.5 Å². The summed E-state index contributed by atoms with van der Waals surface area (Å²) in [6.45, 7) is 5.25. The van der Waals surface area contributed by atoms with Crippen molar-refractivity contribution in [1.29, 1.82) is 0 Å². The number of hydrogen-bond donors (Lipinski definition) is 2. The highest BCUT2D eigenvalue weighted by atomic mass is 35.5. The summed E-state index contributed by atoms with van der Waals surface area (Å²) in [4.78, 5) is 14.5. The molecular weight excluding hydrogens is 421 g/mol. The molecule has 0 aliphatic carbocycles. The Morgan fingerprint density at radius 1 is 1.29 bits per heavy atom. The molecule has 0 saturated carbocycles. The van der Waals surface area contributed by atoms with Crippen LogP contribution in [0.3, 0.4) is 0 Å². The number of halogens is 2. The van der Waals surface area contributed by atoms with Crippen molar-refractivity contribution in [3.05, 3.63) is 24.3 Å². The molecule has 2 heterocycles. The fraction of sp³-hybridized carbons (Fsp3) is 0.632. The van der Waals surface area contributed by atoms with Crippen LogP contribution in [0.15, 0.2) is 24.3 Å². The summed E-state index contributed by atoms with van der Waals surface area (Å²) in [7, 11) is -2.89. The second-order valence-corrected chi connectivity index (χ2v) is 9.83. The maximum Gasteiger partial charge on any atom is 0.224 e. The molecule has 1 aromatic carbocycles. The average Bonchev–Trinajstić information content (AvgIpc) is 2.62. The van der Waals surface area contributed by atoms with Crippen LogP contribution in [-0.4, -0.2) is 52.0 Å². The van der Waals surface area contributed by atoms with E-state index in [1.54, 1.807) is 0 Å². The van der Waals surface area contributed by atoms with E-state index in [1.807, 2.05) is 24.3 Å². The van der Waals surface area contributed by atoms with Crippen LogP contribution in [-0.2, 0) is 14.6 Å². The van der Waals surface area contributed by atoms with E-state index in [4.69, 9.17) is 0 Å². The fourth-order valence-corrected chi connectivity index (χ4v) is 4.99. The zero-order valence-electron chi connectivity index (χ0n) is 16.2. The molecule has 2 fully saturated rings. The summed E-state index contributed by atoms with van der Waals surface area (Å²) in [5.74, 6) is 1.35. The molecule has 1 aromatic rings. The van der Waals surface area contributed by atoms with E-state index < -0.39 is 9.84 Å². The average molecular weight is 452 g/mol. The Morgan fingerprint density at radius 3 is 2.64 bits per heavy atom. The van der Waals surface area contributed by atoms with E-state index in [9.17, 15) is 13.2 Å². The van der Waals surface area contributed by atoms with Gasteiger partial charge in [-0.15, -0.1) is 24.8 Å². The lowest BCUT2D eigenvalue weighted by Gasteiger charge is -2.29. The van der Waals surface area contributed by atoms with E-state index in [-0.39, 0.29) is 42.2 Å². The first kappa shape index (κ1) is 25.0. The molecular formula is C19H31Cl2N3O3S. The van der Waals surface area contributed by atoms with Crippen molar-refractivity contribution >= 4 is 51.9 Å². The van der Waals surface area contributed by atoms with Crippen LogP contribution in [0, 0.1) is 11.8 Å². The van der Waals surface area contributed by atoms with Crippen LogP contribution in [0.2, 0.25) is 0 Å². The first-order valence-corrected chi connectivity index (χ1v) is 11.3. The minimum atomic E-state index is -2.89. The molecule has 2 aliphatic rings. The SMILES string of the molecule is CC(CC(=O)Nc1cccc(N2CCS(=O)(=O)CC2)c1)C1CCCNC1.Cl.Cl. The second kappa shape index (κ2) is 11.2. The zero-order valence-corrected chi connectivity index (χ0v) is 18.7. The molecule has 2 N–H and O–H groups in total. The lowest BCUT2D eigenvalue weighted by atomic mass is 9.85. The third kappa shape index (κ3) is 7.10. The number of hydrogen-bond acceptors (Lipinski definition) is 5. The highest BCUT2D eigenvalue weighted by molar-refractivity contribution is 7.91. The molecule has 2 atom stereocenters. The molecule has 160 valence electrons. The number of benzene rings is 1. The van der Waals surface area contributed by atoms with Crippen LogP contribution in [0.4, 0.5) is 11.4 Å². The van der Waals surface area contributed by atoms with Crippen molar-refractivity contribution in [2.45, 2.75) is 26.2 Å². The van der Waals surface area contributed by atoms with Gasteiger partial charge in [-0.1, -0.05) is 13.0 Å². The number of carbonyl (C=O) groups excluding carboxylic acids is 1. The maximum absolute atomic E-state index is 12.4. The van der Waals surface area contributed by atoms with Gasteiger partial charge in [0, 0.05) is 30.9 Å². The third-order valence-corrected chi connectivity index (χ3v) is 7.10. The standard InChI is InChI=1S/C19H29N3O3S.2ClH/c1-15(16-4-3-7-20-14-16)12-19(23)21-17-5-2-6-18(13-17)22-8-10-26(24,25)11-9-22;;/h2,5-6,13,15-16,20H,3-4,7-12,14H2,1H3,(H,21,23);2*1H. The summed E-state index contributed by atoms with van der Waals surface area (Å²) in [6, 6.07) is 7.68. The van der Waals surface area contributed by atoms with Crippen LogP contribution >= 0.6 is 24.8 Å². The summed E-state index contributed by atoms with van der Waals surface area (Å²) in [5, 5.41) is 6.41. The van der Waals surface area contributed by atoms with E-state index in [0.717, 1.165) is 24.5 Å². The lowest BCUT2D eigenvalue weighted by molar-refractivity contribution is -0.117. The van der Waals surface area contributed by atoms with E-state index in [2.05, 4.69) is 22.5 Å². The molecule has 6 nitrogen and oxygen atoms in total. The predicted molar refractivity (Wildman–Crippen MR) is 120 cm³/mol. The number of nitrogens with zero attached hydrogens (tertiary/aromatic N) is 1. The molecule has 2 unspecified atom stereocenters. The Morgan fingerprint density at radius 2 is 2.00 bits per heavy atom. The minimum Gasteiger partial charge on any atom is -0.369 e. The Balaban J connectivity index is 0.00000196. The van der Waals surface area contributed by atoms with Gasteiger partial charge in [0.2, 0.25) is 5.91 Å². The quantitative estimate of drug-likeness (QED) is 0.719. The maximum atomic E-state index is 12.4. The van der Waals surface area contributed by atoms with Crippen molar-refractivity contribution in [3.8, 4) is 0 Å². The Bertz CT molecular complexity index is 726. The third-order valence-electron chi connectivity index (χ3n) is 5.49. The first-order chi connectivity index (χ1) is 12.4. The van der Waals surface area contributed by atoms with Gasteiger partial charge in [-0.05, 0) is 56.0 Å². The van der Waals surface area contributed by atoms with Crippen molar-refractivity contribution in [3.63, 3.8) is 0 Å². The Kier molecular flexibility index (Phi) is 10.0. The van der Waals surface area contributed by atoms with Crippen LogP contribution < -0.4 is 15.5 Å². The lowest BCUT2D eigenvalue weighted by Crippen LogP contribution is -2.40. The van der Waals surface area contributed by atoms with Crippen molar-refractivity contribution in [2.24, 2.45) is 11.8 Å². The number of piperidine rings is 1. The zero-order chi connectivity index (χ0) is 18.6. The normalized spacial score (nSPS) is 22.3. The van der Waals surface area contributed by atoms with Gasteiger partial charge in [0.25, 0.3) is 0 Å². The molecule has 0 bridgehead atoms. The van der Waals surface area contributed by atoms with Gasteiger partial charge >= 0.3 is 0 Å². The summed E-state index contributed by atoms with van der Waals surface area (Å²) in [6.07, 6.45) is 2.90. The van der Waals surface area contributed by atoms with E-state index in [0.29, 0.717) is 31.3 Å². The highest BCUT2D eigenvalue weighted by Crippen LogP contribution is 2.24. The molecule has 2 saturated heterocycles. The topological polar surface area (TPSA) is 78.5 Å². The molecule has 9 heteroatoms. The number of carbonyl (C=O) groups is 1. The molecule has 3 rings (SSSR count). The smallest absolute Gasteiger partial charge is 0.224 e. The molecule has 28 heavy (non-hydrogen) atoms. The van der Waals surface area contributed by atoms with Gasteiger partial charge in [0.05, 0.1) is 11.5 Å². The van der Waals surface area contributed by atoms with E-state index in [1.165, 1.54) is 12.8 Å². The molecule has 2 aliphatic heterocycles. The van der Waals surface area contributed by atoms with Gasteiger partial charge in [-0.3, -0.25) is 4.79 Å². The number of sulfone groups is 1. The van der Waals surface area contributed by atoms with Crippen LogP contribution in [0.1, 0.15) is 26.2 Å². The highest BCUT2D eigenvalue weighted by Gasteiger charge is 2.23. The van der Waals surface area contributed by atoms with Gasteiger partial charge in [-0.2, -0.15) is 0 Å². The van der Waals surface area contributed by atoms with Crippen molar-refractivity contribution in [2.75, 3.05) is 47.9 Å². The summed E-state index contributed by atoms with van der Waals surface area (Å²) < 4.78 is 23.2. The number of amides is 1. The molecule has 1 amide bonds. The number of rotatable bonds is 5. The predicted octanol–water partition coefficient (Wildman–Crippen LogP) is 2.73. The molecule has 0 aromatic heterocycles. The van der Waals surface area contributed by atoms with E-state index >= 15 is 0 Å². The second-order valence-electron chi connectivity index (χ2n) is 7.53. The Hall–Kier alpha value is -1.02. The first-order valence-electron chi connectivity index (χ1n) is 9.49. The summed E-state index contributed by atoms with van der Waals surface area (Å²) in [5.41, 5.74) is 1.73. The monoisotopic (exact) mass is 451 g/mol. The molecule has 0 spiro atoms. The largest absolute Gasteiger partial charge is 0.369 e. The molecule has 0 radical (unpaired) electrons. The number of anilines is 2. The Labute approximate surface area is 180 Å². The van der Waals surface area contributed by atoms with Crippen molar-refractivity contribution in [1.82, 2.24) is 5.32 Å². The van der Waals surface area contributed by atoms with Gasteiger partial charge in [-0.25, -0.2) is 8.42 Å². The minimum absolute atomic E-state index is 0. The fourth-order valence-electron chi connectivity index (χ4n) is 3.79. The van der Waals surface area contributed by atoms with Crippen LogP contribution in [0.25, 0.3) is 0 Å². The van der Waals surface area contributed by atoms with Gasteiger partial charge in [0.1, 0.15) is 0 Å². The van der Waals surface area contributed by atoms with Crippen LogP contribution in [0.5, 0.6) is 0 Å². The summed E-state index contributed by atoms with van der Waals surface area (Å²) >= 11 is 0. The van der Waals surface area contributed by atoms with Gasteiger partial charge in [0.15, 0.2) is 9.84 Å². The van der Waals surface area contributed by atoms with Crippen molar-refractivity contribution < 1.29 is 13.2 Å². The number of nitrogens with one attached hydrogen (secondary N) is 2.